The van der Waals surface area contributed by atoms with Crippen LogP contribution in [0.5, 0.6) is 0 Å². The third-order valence-electron chi connectivity index (χ3n) is 5.76. The Morgan fingerprint density at radius 1 is 0.400 bits per heavy atom. The molecule has 4 heteroatoms. The first-order valence-electron chi connectivity index (χ1n) is 11.0. The van der Waals surface area contributed by atoms with E-state index in [0.717, 1.165) is 13.1 Å². The molecule has 2 atom stereocenters. The largest absolute Gasteiger partial charge is 0.316 e. The summed E-state index contributed by atoms with van der Waals surface area (Å²) >= 11 is 0. The van der Waals surface area contributed by atoms with Crippen LogP contribution in [-0.4, -0.2) is 50.1 Å². The van der Waals surface area contributed by atoms with Gasteiger partial charge in [-0.3, -0.25) is 0 Å². The molecule has 3 aromatic rings. The molecule has 1 aliphatic rings. The summed E-state index contributed by atoms with van der Waals surface area (Å²) in [5, 5.41) is 8.56. The van der Waals surface area contributed by atoms with Crippen LogP contribution >= 0.6 is 23.8 Å². The lowest BCUT2D eigenvalue weighted by Crippen LogP contribution is -2.26. The van der Waals surface area contributed by atoms with Crippen LogP contribution in [0.3, 0.4) is 0 Å². The Labute approximate surface area is 186 Å². The summed E-state index contributed by atoms with van der Waals surface area (Å²) in [6, 6.07) is 34.0. The quantitative estimate of drug-likeness (QED) is 0.552. The van der Waals surface area contributed by atoms with Gasteiger partial charge < -0.3 is 5.32 Å². The lowest BCUT2D eigenvalue weighted by atomic mass is 10.4. The van der Waals surface area contributed by atoms with Crippen LogP contribution in [0.1, 0.15) is 0 Å². The van der Waals surface area contributed by atoms with Crippen molar-refractivity contribution in [2.45, 2.75) is 0 Å². The van der Waals surface area contributed by atoms with E-state index < -0.39 is 0 Å². The molecule has 0 aliphatic carbocycles. The van der Waals surface area contributed by atoms with E-state index in [9.17, 15) is 0 Å². The monoisotopic (exact) mass is 451 g/mol. The molecule has 0 saturated carbocycles. The zero-order valence-corrected chi connectivity index (χ0v) is 20.3. The molecule has 1 fully saturated rings. The van der Waals surface area contributed by atoms with Crippen molar-refractivity contribution in [3.8, 4) is 0 Å². The Hall–Kier alpha value is -1.09. The summed E-state index contributed by atoms with van der Waals surface area (Å²) in [5.74, 6) is 0. The highest BCUT2D eigenvalue weighted by molar-refractivity contribution is 7.71. The van der Waals surface area contributed by atoms with Gasteiger partial charge in [-0.25, -0.2) is 0 Å². The van der Waals surface area contributed by atoms with Crippen LogP contribution in [0, 0.1) is 0 Å². The number of hydrogen-bond acceptors (Lipinski definition) is 1. The fourth-order valence-corrected chi connectivity index (χ4v) is 12.8. The van der Waals surface area contributed by atoms with Crippen molar-refractivity contribution in [3.63, 3.8) is 0 Å². The topological polar surface area (TPSA) is 12.0 Å². The SMILES string of the molecule is c1ccc(P2CCNCCP(c3ccccc3)CCP(c3ccccc3)CC2)cc1. The fraction of sp³-hybridized carbons (Fsp3) is 0.308. The fourth-order valence-electron chi connectivity index (χ4n) is 4.06. The molecule has 156 valence electrons. The molecule has 0 aromatic heterocycles. The molecule has 2 unspecified atom stereocenters. The summed E-state index contributed by atoms with van der Waals surface area (Å²) in [7, 11) is -0.227. The summed E-state index contributed by atoms with van der Waals surface area (Å²) in [6.45, 7) is 2.31. The van der Waals surface area contributed by atoms with Crippen molar-refractivity contribution in [2.24, 2.45) is 0 Å². The van der Waals surface area contributed by atoms with Crippen LogP contribution in [0.15, 0.2) is 91.0 Å². The molecule has 1 saturated heterocycles. The number of nitrogens with one attached hydrogen (secondary N) is 1. The van der Waals surface area contributed by atoms with Gasteiger partial charge in [0, 0.05) is 0 Å². The Morgan fingerprint density at radius 2 is 0.700 bits per heavy atom. The molecule has 1 aliphatic heterocycles. The maximum Gasteiger partial charge on any atom is -0.000634 e. The predicted molar refractivity (Wildman–Crippen MR) is 141 cm³/mol. The molecular formula is C26H32NP3. The third kappa shape index (κ3) is 6.45. The van der Waals surface area contributed by atoms with Crippen molar-refractivity contribution in [1.29, 1.82) is 0 Å². The molecular weight excluding hydrogens is 419 g/mol. The minimum Gasteiger partial charge on any atom is -0.316 e. The second kappa shape index (κ2) is 12.1. The van der Waals surface area contributed by atoms with Gasteiger partial charge in [0.15, 0.2) is 0 Å². The molecule has 1 nitrogen and oxygen atoms in total. The lowest BCUT2D eigenvalue weighted by Gasteiger charge is -2.27. The van der Waals surface area contributed by atoms with Crippen LogP contribution in [0.2, 0.25) is 0 Å². The molecule has 3 aromatic carbocycles. The number of rotatable bonds is 3. The summed E-state index contributed by atoms with van der Waals surface area (Å²) < 4.78 is 0. The molecule has 1 heterocycles. The molecule has 1 N–H and O–H groups in total. The average Bonchev–Trinajstić information content (AvgIpc) is 2.81. The van der Waals surface area contributed by atoms with Crippen LogP contribution in [-0.2, 0) is 0 Å². The van der Waals surface area contributed by atoms with Gasteiger partial charge >= 0.3 is 0 Å². The van der Waals surface area contributed by atoms with E-state index in [2.05, 4.69) is 96.3 Å². The van der Waals surface area contributed by atoms with Crippen LogP contribution < -0.4 is 21.2 Å². The minimum absolute atomic E-state index is 0.0728. The maximum atomic E-state index is 3.78. The van der Waals surface area contributed by atoms with Crippen molar-refractivity contribution in [1.82, 2.24) is 5.32 Å². The molecule has 0 radical (unpaired) electrons. The van der Waals surface area contributed by atoms with Gasteiger partial charge in [-0.05, 0) is 66.0 Å². The van der Waals surface area contributed by atoms with Gasteiger partial charge in [-0.1, -0.05) is 115 Å². The van der Waals surface area contributed by atoms with Crippen molar-refractivity contribution in [2.75, 3.05) is 50.1 Å². The van der Waals surface area contributed by atoms with Gasteiger partial charge in [-0.15, -0.1) is 0 Å². The first kappa shape index (κ1) is 22.1. The van der Waals surface area contributed by atoms with Gasteiger partial charge in [0.1, 0.15) is 0 Å². The number of hydrogen-bond donors (Lipinski definition) is 1. The Morgan fingerprint density at radius 3 is 1.03 bits per heavy atom. The van der Waals surface area contributed by atoms with E-state index in [1.807, 2.05) is 0 Å². The first-order chi connectivity index (χ1) is 14.9. The van der Waals surface area contributed by atoms with Crippen LogP contribution in [0.4, 0.5) is 0 Å². The van der Waals surface area contributed by atoms with Crippen molar-refractivity contribution < 1.29 is 0 Å². The second-order valence-corrected chi connectivity index (χ2v) is 15.2. The first-order valence-corrected chi connectivity index (χ1v) is 16.1. The smallest absolute Gasteiger partial charge is 0.000634 e. The minimum atomic E-state index is -0.0819. The van der Waals surface area contributed by atoms with Gasteiger partial charge in [0.05, 0.1) is 0 Å². The predicted octanol–water partition coefficient (Wildman–Crippen LogP) is 5.01. The van der Waals surface area contributed by atoms with E-state index >= 15 is 0 Å². The van der Waals surface area contributed by atoms with E-state index in [-0.39, 0.29) is 23.8 Å². The Kier molecular flexibility index (Phi) is 8.90. The standard InChI is InChI=1S/C26H32NP3/c1-4-10-24(11-5-1)28-18-16-27-17-19-29(25-12-6-2-7-13-25)21-23-30(22-20-28)26-14-8-3-9-15-26/h1-15,27H,16-23H2. The zero-order chi connectivity index (χ0) is 20.4. The Balaban J connectivity index is 1.53. The normalized spacial score (nSPS) is 23.8. The molecule has 0 amide bonds. The number of benzene rings is 3. The lowest BCUT2D eigenvalue weighted by molar-refractivity contribution is 0.770. The summed E-state index contributed by atoms with van der Waals surface area (Å²) in [5.41, 5.74) is 0. The summed E-state index contributed by atoms with van der Waals surface area (Å²) in [4.78, 5) is 0. The average molecular weight is 451 g/mol. The third-order valence-corrected chi connectivity index (χ3v) is 14.1. The maximum absolute atomic E-state index is 3.78. The van der Waals surface area contributed by atoms with Gasteiger partial charge in [-0.2, -0.15) is 0 Å². The summed E-state index contributed by atoms with van der Waals surface area (Å²) in [6.07, 6.45) is 8.09. The Bertz CT molecular complexity index is 804. The highest BCUT2D eigenvalue weighted by atomic mass is 31.1. The van der Waals surface area contributed by atoms with Crippen LogP contribution in [0.25, 0.3) is 0 Å². The highest BCUT2D eigenvalue weighted by Gasteiger charge is 2.20. The van der Waals surface area contributed by atoms with E-state index in [1.165, 1.54) is 37.0 Å². The zero-order valence-electron chi connectivity index (χ0n) is 17.7. The van der Waals surface area contributed by atoms with E-state index in [1.54, 1.807) is 15.9 Å². The molecule has 4 rings (SSSR count). The molecule has 0 bridgehead atoms. The second-order valence-electron chi connectivity index (χ2n) is 7.72. The van der Waals surface area contributed by atoms with Gasteiger partial charge in [0.2, 0.25) is 0 Å². The van der Waals surface area contributed by atoms with E-state index in [0.29, 0.717) is 0 Å². The van der Waals surface area contributed by atoms with Gasteiger partial charge in [0.25, 0.3) is 0 Å². The van der Waals surface area contributed by atoms with Crippen molar-refractivity contribution in [3.05, 3.63) is 91.0 Å². The highest BCUT2D eigenvalue weighted by Crippen LogP contribution is 2.45. The molecule has 0 spiro atoms. The molecule has 30 heavy (non-hydrogen) atoms. The van der Waals surface area contributed by atoms with Crippen molar-refractivity contribution >= 4 is 39.7 Å². The van der Waals surface area contributed by atoms with E-state index in [4.69, 9.17) is 0 Å².